The van der Waals surface area contributed by atoms with Crippen LogP contribution in [0, 0.1) is 0 Å². The Kier molecular flexibility index (Phi) is 2.79. The zero-order valence-corrected chi connectivity index (χ0v) is 11.6. The normalized spacial score (nSPS) is 21.2. The van der Waals surface area contributed by atoms with Crippen LogP contribution in [0.15, 0.2) is 58.2 Å². The Hall–Kier alpha value is -1.78. The maximum Gasteiger partial charge on any atom is 0.257 e. The molecule has 2 unspecified atom stereocenters. The SMILES string of the molecule is NC1c2ccccc2CC1Sc1nc2ccccc2o1. The second-order valence-corrected chi connectivity index (χ2v) is 6.22. The van der Waals surface area contributed by atoms with Crippen LogP contribution in [-0.2, 0) is 6.42 Å². The monoisotopic (exact) mass is 282 g/mol. The zero-order chi connectivity index (χ0) is 13.5. The van der Waals surface area contributed by atoms with Crippen molar-refractivity contribution in [2.75, 3.05) is 0 Å². The van der Waals surface area contributed by atoms with Gasteiger partial charge >= 0.3 is 0 Å². The van der Waals surface area contributed by atoms with E-state index < -0.39 is 0 Å². The fourth-order valence-electron chi connectivity index (χ4n) is 2.74. The van der Waals surface area contributed by atoms with Crippen LogP contribution in [0.2, 0.25) is 0 Å². The highest BCUT2D eigenvalue weighted by atomic mass is 32.2. The largest absolute Gasteiger partial charge is 0.431 e. The Morgan fingerprint density at radius 2 is 1.90 bits per heavy atom. The van der Waals surface area contributed by atoms with E-state index >= 15 is 0 Å². The first-order chi connectivity index (χ1) is 9.81. The number of nitrogens with two attached hydrogens (primary N) is 1. The van der Waals surface area contributed by atoms with E-state index in [0.29, 0.717) is 10.5 Å². The molecule has 20 heavy (non-hydrogen) atoms. The molecule has 4 rings (SSSR count). The molecule has 0 aliphatic heterocycles. The van der Waals surface area contributed by atoms with Gasteiger partial charge in [0.2, 0.25) is 0 Å². The molecule has 0 amide bonds. The van der Waals surface area contributed by atoms with Crippen LogP contribution in [0.3, 0.4) is 0 Å². The highest BCUT2D eigenvalue weighted by molar-refractivity contribution is 7.99. The van der Waals surface area contributed by atoms with Crippen LogP contribution in [0.5, 0.6) is 0 Å². The summed E-state index contributed by atoms with van der Waals surface area (Å²) in [5.74, 6) is 0. The predicted octanol–water partition coefficient (Wildman–Crippen LogP) is 3.54. The van der Waals surface area contributed by atoms with Crippen molar-refractivity contribution in [1.82, 2.24) is 4.98 Å². The summed E-state index contributed by atoms with van der Waals surface area (Å²) in [6.07, 6.45) is 0.973. The lowest BCUT2D eigenvalue weighted by Crippen LogP contribution is -2.18. The van der Waals surface area contributed by atoms with Crippen LogP contribution >= 0.6 is 11.8 Å². The average molecular weight is 282 g/mol. The Morgan fingerprint density at radius 3 is 2.75 bits per heavy atom. The lowest BCUT2D eigenvalue weighted by Gasteiger charge is -2.12. The van der Waals surface area contributed by atoms with Crippen LogP contribution < -0.4 is 5.73 Å². The molecule has 0 fully saturated rings. The van der Waals surface area contributed by atoms with Crippen molar-refractivity contribution in [2.45, 2.75) is 22.9 Å². The molecule has 4 heteroatoms. The standard InChI is InChI=1S/C16H14N2OS/c17-15-11-6-2-1-5-10(11)9-14(15)20-16-18-12-7-3-4-8-13(12)19-16/h1-8,14-15H,9,17H2. The first kappa shape index (κ1) is 12.0. The molecule has 0 spiro atoms. The summed E-state index contributed by atoms with van der Waals surface area (Å²) in [6.45, 7) is 0. The van der Waals surface area contributed by atoms with Crippen LogP contribution in [0.25, 0.3) is 11.1 Å². The van der Waals surface area contributed by atoms with E-state index in [1.807, 2.05) is 30.3 Å². The number of rotatable bonds is 2. The lowest BCUT2D eigenvalue weighted by molar-refractivity contribution is 0.487. The maximum atomic E-state index is 6.34. The smallest absolute Gasteiger partial charge is 0.257 e. The number of nitrogens with zero attached hydrogens (tertiary/aromatic N) is 1. The average Bonchev–Trinajstić information content (AvgIpc) is 3.01. The van der Waals surface area contributed by atoms with Gasteiger partial charge in [0.05, 0.1) is 0 Å². The molecule has 2 N–H and O–H groups in total. The Bertz CT molecular complexity index is 735. The molecule has 3 aromatic rings. The summed E-state index contributed by atoms with van der Waals surface area (Å²) in [6, 6.07) is 16.3. The number of oxazole rings is 1. The molecule has 1 aliphatic rings. The molecule has 1 aliphatic carbocycles. The molecule has 100 valence electrons. The lowest BCUT2D eigenvalue weighted by atomic mass is 10.1. The van der Waals surface area contributed by atoms with Gasteiger partial charge in [0, 0.05) is 11.3 Å². The minimum absolute atomic E-state index is 0.0474. The molecule has 1 heterocycles. The van der Waals surface area contributed by atoms with Gasteiger partial charge in [-0.15, -0.1) is 0 Å². The number of aromatic nitrogens is 1. The van der Waals surface area contributed by atoms with Crippen molar-refractivity contribution in [3.05, 3.63) is 59.7 Å². The van der Waals surface area contributed by atoms with Crippen molar-refractivity contribution in [3.63, 3.8) is 0 Å². The molecular formula is C16H14N2OS. The first-order valence-electron chi connectivity index (χ1n) is 6.67. The van der Waals surface area contributed by atoms with Crippen molar-refractivity contribution < 1.29 is 4.42 Å². The Labute approximate surface area is 121 Å². The maximum absolute atomic E-state index is 6.34. The fourth-order valence-corrected chi connectivity index (χ4v) is 3.84. The molecule has 0 radical (unpaired) electrons. The fraction of sp³-hybridized carbons (Fsp3) is 0.188. The molecular weight excluding hydrogens is 268 g/mol. The Morgan fingerprint density at radius 1 is 1.10 bits per heavy atom. The van der Waals surface area contributed by atoms with Gasteiger partial charge < -0.3 is 10.2 Å². The predicted molar refractivity (Wildman–Crippen MR) is 80.7 cm³/mol. The number of hydrogen-bond donors (Lipinski definition) is 1. The second-order valence-electron chi connectivity index (χ2n) is 5.03. The van der Waals surface area contributed by atoms with E-state index in [9.17, 15) is 0 Å². The number of hydrogen-bond acceptors (Lipinski definition) is 4. The summed E-state index contributed by atoms with van der Waals surface area (Å²) in [5.41, 5.74) is 10.7. The van der Waals surface area contributed by atoms with Crippen molar-refractivity contribution >= 4 is 22.9 Å². The topological polar surface area (TPSA) is 52.0 Å². The van der Waals surface area contributed by atoms with Gasteiger partial charge in [-0.1, -0.05) is 48.2 Å². The molecule has 1 aromatic heterocycles. The minimum Gasteiger partial charge on any atom is -0.431 e. The zero-order valence-electron chi connectivity index (χ0n) is 10.8. The third-order valence-electron chi connectivity index (χ3n) is 3.76. The summed E-state index contributed by atoms with van der Waals surface area (Å²) in [7, 11) is 0. The van der Waals surface area contributed by atoms with Crippen molar-refractivity contribution in [2.24, 2.45) is 5.73 Å². The van der Waals surface area contributed by atoms with Gasteiger partial charge in [0.25, 0.3) is 5.22 Å². The van der Waals surface area contributed by atoms with Crippen molar-refractivity contribution in [3.8, 4) is 0 Å². The van der Waals surface area contributed by atoms with Crippen LogP contribution in [0.1, 0.15) is 17.2 Å². The summed E-state index contributed by atoms with van der Waals surface area (Å²) in [4.78, 5) is 4.51. The Balaban J connectivity index is 1.61. The highest BCUT2D eigenvalue weighted by Crippen LogP contribution is 2.40. The van der Waals surface area contributed by atoms with Gasteiger partial charge in [-0.25, -0.2) is 4.98 Å². The van der Waals surface area contributed by atoms with Crippen LogP contribution in [-0.4, -0.2) is 10.2 Å². The van der Waals surface area contributed by atoms with Gasteiger partial charge in [0.1, 0.15) is 5.52 Å². The van der Waals surface area contributed by atoms with E-state index in [2.05, 4.69) is 23.2 Å². The first-order valence-corrected chi connectivity index (χ1v) is 7.55. The van der Waals surface area contributed by atoms with E-state index in [1.54, 1.807) is 11.8 Å². The number of thioether (sulfide) groups is 1. The van der Waals surface area contributed by atoms with Crippen molar-refractivity contribution in [1.29, 1.82) is 0 Å². The van der Waals surface area contributed by atoms with Gasteiger partial charge in [-0.3, -0.25) is 0 Å². The molecule has 2 atom stereocenters. The molecule has 0 saturated heterocycles. The number of para-hydroxylation sites is 2. The third kappa shape index (κ3) is 1.92. The summed E-state index contributed by atoms with van der Waals surface area (Å²) < 4.78 is 5.77. The number of fused-ring (bicyclic) bond motifs is 2. The summed E-state index contributed by atoms with van der Waals surface area (Å²) >= 11 is 1.64. The van der Waals surface area contributed by atoms with E-state index in [1.165, 1.54) is 11.1 Å². The molecule has 0 bridgehead atoms. The quantitative estimate of drug-likeness (QED) is 0.781. The minimum atomic E-state index is 0.0474. The van der Waals surface area contributed by atoms with Gasteiger partial charge in [0.15, 0.2) is 5.58 Å². The highest BCUT2D eigenvalue weighted by Gasteiger charge is 2.31. The van der Waals surface area contributed by atoms with E-state index in [0.717, 1.165) is 17.5 Å². The third-order valence-corrected chi connectivity index (χ3v) is 4.90. The van der Waals surface area contributed by atoms with Gasteiger partial charge in [-0.05, 0) is 29.7 Å². The second kappa shape index (κ2) is 4.65. The van der Waals surface area contributed by atoms with Crippen LogP contribution in [0.4, 0.5) is 0 Å². The number of benzene rings is 2. The molecule has 3 nitrogen and oxygen atoms in total. The molecule has 2 aromatic carbocycles. The van der Waals surface area contributed by atoms with E-state index in [4.69, 9.17) is 10.2 Å². The van der Waals surface area contributed by atoms with E-state index in [-0.39, 0.29) is 6.04 Å². The van der Waals surface area contributed by atoms with Gasteiger partial charge in [-0.2, -0.15) is 0 Å². The molecule has 0 saturated carbocycles. The summed E-state index contributed by atoms with van der Waals surface area (Å²) in [5, 5.41) is 1.000.